The lowest BCUT2D eigenvalue weighted by molar-refractivity contribution is 0.0650. The fourth-order valence-corrected chi connectivity index (χ4v) is 1.03. The lowest BCUT2D eigenvalue weighted by atomic mass is 10.3. The molecule has 7 heteroatoms. The molecule has 0 aliphatic heterocycles. The van der Waals surface area contributed by atoms with E-state index in [0.717, 1.165) is 26.4 Å². The highest BCUT2D eigenvalue weighted by atomic mass is 16.5. The molecule has 0 radical (unpaired) electrons. The number of hydrogen-bond donors (Lipinski definition) is 4. The molecule has 0 heterocycles. The van der Waals surface area contributed by atoms with Gasteiger partial charge in [0.05, 0.1) is 39.6 Å². The Morgan fingerprint density at radius 1 is 0.480 bits per heavy atom. The Kier molecular flexibility index (Phi) is 56.8. The molecule has 0 unspecified atom stereocenters. The third-order valence-corrected chi connectivity index (χ3v) is 2.26. The van der Waals surface area contributed by atoms with Crippen molar-refractivity contribution in [3.8, 4) is 0 Å². The van der Waals surface area contributed by atoms with Crippen LogP contribution in [0.5, 0.6) is 0 Å². The van der Waals surface area contributed by atoms with Crippen LogP contribution >= 0.6 is 0 Å². The second-order valence-electron chi connectivity index (χ2n) is 4.61. The van der Waals surface area contributed by atoms with Gasteiger partial charge in [0.1, 0.15) is 0 Å². The first-order valence-corrected chi connectivity index (χ1v) is 9.33. The van der Waals surface area contributed by atoms with Crippen LogP contribution in [0.2, 0.25) is 0 Å². The average Bonchev–Trinajstić information content (AvgIpc) is 2.64. The Balaban J connectivity index is -0.000000123. The number of ether oxygens (including phenoxy) is 3. The van der Waals surface area contributed by atoms with E-state index >= 15 is 0 Å². The van der Waals surface area contributed by atoms with Crippen molar-refractivity contribution in [3.63, 3.8) is 0 Å². The minimum absolute atomic E-state index is 0.0278. The molecule has 0 aliphatic rings. The highest BCUT2D eigenvalue weighted by Crippen LogP contribution is 1.91. The van der Waals surface area contributed by atoms with E-state index in [-0.39, 0.29) is 26.4 Å². The summed E-state index contributed by atoms with van der Waals surface area (Å²) in [5.74, 6) is 0. The summed E-state index contributed by atoms with van der Waals surface area (Å²) in [6.45, 7) is 12.4. The monoisotopic (exact) mass is 372 g/mol. The lowest BCUT2D eigenvalue weighted by Crippen LogP contribution is -2.03. The van der Waals surface area contributed by atoms with Crippen LogP contribution in [0.15, 0.2) is 0 Å². The number of aliphatic hydroxyl groups is 4. The van der Waals surface area contributed by atoms with Crippen molar-refractivity contribution in [2.45, 2.75) is 53.4 Å². The molecule has 0 aromatic carbocycles. The van der Waals surface area contributed by atoms with E-state index < -0.39 is 0 Å². The maximum absolute atomic E-state index is 8.09. The summed E-state index contributed by atoms with van der Waals surface area (Å²) in [5.41, 5.74) is 0. The van der Waals surface area contributed by atoms with Crippen LogP contribution in [0.1, 0.15) is 53.4 Å². The van der Waals surface area contributed by atoms with Gasteiger partial charge in [-0.3, -0.25) is 0 Å². The summed E-state index contributed by atoms with van der Waals surface area (Å²) in [4.78, 5) is 0. The van der Waals surface area contributed by atoms with Crippen molar-refractivity contribution in [1.82, 2.24) is 0 Å². The topological polar surface area (TPSA) is 109 Å². The Hall–Kier alpha value is -0.280. The molecule has 25 heavy (non-hydrogen) atoms. The molecule has 0 rings (SSSR count). The SMILES string of the molecule is CCCCOCCCC.CCOCC.OCCO.OCCOCCO. The Labute approximate surface area is 154 Å². The minimum atomic E-state index is -0.125. The number of unbranched alkanes of at least 4 members (excludes halogenated alkanes) is 2. The zero-order valence-corrected chi connectivity index (χ0v) is 16.9. The summed E-state index contributed by atoms with van der Waals surface area (Å²) in [6, 6.07) is 0. The van der Waals surface area contributed by atoms with Crippen LogP contribution in [0, 0.1) is 0 Å². The molecular weight excluding hydrogens is 328 g/mol. The summed E-state index contributed by atoms with van der Waals surface area (Å²) in [5, 5.41) is 31.4. The van der Waals surface area contributed by atoms with E-state index in [4.69, 9.17) is 29.9 Å². The zero-order valence-electron chi connectivity index (χ0n) is 16.9. The molecule has 0 bridgehead atoms. The molecule has 4 N–H and O–H groups in total. The standard InChI is InChI=1S/C8H18O.C4H10O3.C4H10O.C2H6O2/c1-3-5-7-9-8-6-4-2;5-1-3-7-4-2-6;1-3-5-4-2;3-1-2-4/h3-8H2,1-2H3;5-6H,1-4H2;3-4H2,1-2H3;3-4H,1-2H2. The molecule has 0 saturated heterocycles. The van der Waals surface area contributed by atoms with Crippen molar-refractivity contribution < 1.29 is 34.6 Å². The van der Waals surface area contributed by atoms with Gasteiger partial charge in [-0.25, -0.2) is 0 Å². The van der Waals surface area contributed by atoms with Gasteiger partial charge in [0.25, 0.3) is 0 Å². The average molecular weight is 373 g/mol. The molecule has 0 atom stereocenters. The molecular formula is C18H44O7. The summed E-state index contributed by atoms with van der Waals surface area (Å²) < 4.78 is 14.8. The molecule has 0 aromatic rings. The molecule has 7 nitrogen and oxygen atoms in total. The van der Waals surface area contributed by atoms with Crippen molar-refractivity contribution in [3.05, 3.63) is 0 Å². The smallest absolute Gasteiger partial charge is 0.0698 e. The van der Waals surface area contributed by atoms with Crippen LogP contribution in [-0.4, -0.2) is 86.5 Å². The highest BCUT2D eigenvalue weighted by molar-refractivity contribution is 4.33. The second-order valence-corrected chi connectivity index (χ2v) is 4.61. The molecule has 0 saturated carbocycles. The van der Waals surface area contributed by atoms with Crippen LogP contribution < -0.4 is 0 Å². The second kappa shape index (κ2) is 43.8. The Morgan fingerprint density at radius 2 is 0.840 bits per heavy atom. The van der Waals surface area contributed by atoms with E-state index in [2.05, 4.69) is 18.6 Å². The van der Waals surface area contributed by atoms with Gasteiger partial charge in [-0.2, -0.15) is 0 Å². The van der Waals surface area contributed by atoms with Gasteiger partial charge in [-0.05, 0) is 26.7 Å². The van der Waals surface area contributed by atoms with Crippen molar-refractivity contribution >= 4 is 0 Å². The quantitative estimate of drug-likeness (QED) is 0.364. The summed E-state index contributed by atoms with van der Waals surface area (Å²) >= 11 is 0. The summed E-state index contributed by atoms with van der Waals surface area (Å²) in [7, 11) is 0. The van der Waals surface area contributed by atoms with E-state index in [1.165, 1.54) is 25.7 Å². The fraction of sp³-hybridized carbons (Fsp3) is 1.00. The van der Waals surface area contributed by atoms with Crippen LogP contribution in [-0.2, 0) is 14.2 Å². The number of hydrogen-bond acceptors (Lipinski definition) is 7. The van der Waals surface area contributed by atoms with Gasteiger partial charge in [-0.15, -0.1) is 0 Å². The largest absolute Gasteiger partial charge is 0.394 e. The highest BCUT2D eigenvalue weighted by Gasteiger charge is 1.84. The third kappa shape index (κ3) is 69.2. The molecule has 0 aromatic heterocycles. The van der Waals surface area contributed by atoms with Gasteiger partial charge in [0.2, 0.25) is 0 Å². The first-order valence-electron chi connectivity index (χ1n) is 9.33. The van der Waals surface area contributed by atoms with Crippen molar-refractivity contribution in [2.24, 2.45) is 0 Å². The number of rotatable bonds is 13. The van der Waals surface area contributed by atoms with Gasteiger partial charge in [0.15, 0.2) is 0 Å². The van der Waals surface area contributed by atoms with Crippen LogP contribution in [0.3, 0.4) is 0 Å². The molecule has 158 valence electrons. The van der Waals surface area contributed by atoms with Crippen molar-refractivity contribution in [2.75, 3.05) is 66.1 Å². The van der Waals surface area contributed by atoms with E-state index in [9.17, 15) is 0 Å². The predicted molar refractivity (Wildman–Crippen MR) is 102 cm³/mol. The van der Waals surface area contributed by atoms with Gasteiger partial charge < -0.3 is 34.6 Å². The molecule has 0 spiro atoms. The minimum Gasteiger partial charge on any atom is -0.394 e. The van der Waals surface area contributed by atoms with Crippen LogP contribution in [0.25, 0.3) is 0 Å². The molecule has 0 amide bonds. The van der Waals surface area contributed by atoms with E-state index in [1.807, 2.05) is 13.8 Å². The Morgan fingerprint density at radius 3 is 1.04 bits per heavy atom. The first kappa shape index (κ1) is 32.4. The van der Waals surface area contributed by atoms with Gasteiger partial charge >= 0.3 is 0 Å². The van der Waals surface area contributed by atoms with E-state index in [0.29, 0.717) is 13.2 Å². The van der Waals surface area contributed by atoms with Crippen LogP contribution in [0.4, 0.5) is 0 Å². The van der Waals surface area contributed by atoms with E-state index in [1.54, 1.807) is 0 Å². The predicted octanol–water partition coefficient (Wildman–Crippen LogP) is 1.60. The Bertz CT molecular complexity index is 146. The lowest BCUT2D eigenvalue weighted by Gasteiger charge is -1.99. The zero-order chi connectivity index (χ0) is 20.0. The van der Waals surface area contributed by atoms with Gasteiger partial charge in [0, 0.05) is 26.4 Å². The molecule has 0 fully saturated rings. The normalized spacial score (nSPS) is 9.12. The maximum atomic E-state index is 8.09. The fourth-order valence-electron chi connectivity index (χ4n) is 1.03. The van der Waals surface area contributed by atoms with Gasteiger partial charge in [-0.1, -0.05) is 26.7 Å². The number of aliphatic hydroxyl groups excluding tert-OH is 4. The van der Waals surface area contributed by atoms with Crippen molar-refractivity contribution in [1.29, 1.82) is 0 Å². The third-order valence-electron chi connectivity index (χ3n) is 2.26. The first-order chi connectivity index (χ1) is 12.2. The molecule has 0 aliphatic carbocycles. The summed E-state index contributed by atoms with van der Waals surface area (Å²) in [6.07, 6.45) is 4.91. The maximum Gasteiger partial charge on any atom is 0.0698 e.